The molecule has 144 valence electrons. The zero-order valence-corrected chi connectivity index (χ0v) is 17.3. The number of hydrogen-bond acceptors (Lipinski definition) is 8. The first kappa shape index (κ1) is 20.2. The number of aromatic nitrogens is 3. The Morgan fingerprint density at radius 3 is 2.71 bits per heavy atom. The van der Waals surface area contributed by atoms with Crippen molar-refractivity contribution in [3.63, 3.8) is 0 Å². The van der Waals surface area contributed by atoms with Crippen molar-refractivity contribution in [1.29, 1.82) is 0 Å². The van der Waals surface area contributed by atoms with Crippen LogP contribution in [0.2, 0.25) is 0 Å². The predicted molar refractivity (Wildman–Crippen MR) is 115 cm³/mol. The standard InChI is InChI=1S/C18H17N5O2S3/c1-2-13(15(25)21-16-19-10-11-26-16)27-18-23-22-17(28-18)20-14(24)9-8-12-6-4-3-5-7-12/h3-11,13H,2H2,1H3,(H,19,21,25)(H,20,22,24). The molecule has 7 nitrogen and oxygen atoms in total. The number of nitrogens with one attached hydrogen (secondary N) is 2. The van der Waals surface area contributed by atoms with Crippen LogP contribution in [0.1, 0.15) is 18.9 Å². The number of thiazole rings is 1. The lowest BCUT2D eigenvalue weighted by Gasteiger charge is -2.11. The number of thioether (sulfide) groups is 1. The molecule has 0 saturated heterocycles. The summed E-state index contributed by atoms with van der Waals surface area (Å²) < 4.78 is 0.614. The van der Waals surface area contributed by atoms with Gasteiger partial charge < -0.3 is 5.32 Å². The van der Waals surface area contributed by atoms with Crippen LogP contribution in [0.4, 0.5) is 10.3 Å². The maximum absolute atomic E-state index is 12.4. The summed E-state index contributed by atoms with van der Waals surface area (Å²) >= 11 is 3.92. The van der Waals surface area contributed by atoms with Crippen LogP contribution < -0.4 is 10.6 Å². The van der Waals surface area contributed by atoms with E-state index in [1.54, 1.807) is 17.7 Å². The van der Waals surface area contributed by atoms with Gasteiger partial charge in [-0.15, -0.1) is 21.5 Å². The Bertz CT molecular complexity index is 941. The van der Waals surface area contributed by atoms with Crippen molar-refractivity contribution in [2.75, 3.05) is 10.6 Å². The number of amides is 2. The van der Waals surface area contributed by atoms with E-state index < -0.39 is 0 Å². The molecule has 28 heavy (non-hydrogen) atoms. The Morgan fingerprint density at radius 2 is 2.00 bits per heavy atom. The second-order valence-corrected chi connectivity index (χ2v) is 8.77. The number of hydrogen-bond donors (Lipinski definition) is 2. The smallest absolute Gasteiger partial charge is 0.250 e. The minimum absolute atomic E-state index is 0.131. The van der Waals surface area contributed by atoms with Gasteiger partial charge in [-0.1, -0.05) is 60.4 Å². The third kappa shape index (κ3) is 5.98. The highest BCUT2D eigenvalue weighted by Crippen LogP contribution is 2.31. The summed E-state index contributed by atoms with van der Waals surface area (Å²) in [5.74, 6) is -0.417. The van der Waals surface area contributed by atoms with Gasteiger partial charge in [0.2, 0.25) is 16.9 Å². The molecule has 3 rings (SSSR count). The molecule has 0 bridgehead atoms. The van der Waals surface area contributed by atoms with Gasteiger partial charge in [0.15, 0.2) is 9.47 Å². The SMILES string of the molecule is CCC(Sc1nnc(NC(=O)C=Cc2ccccc2)s1)C(=O)Nc1nccs1. The molecule has 2 aromatic heterocycles. The number of anilines is 2. The number of nitrogens with zero attached hydrogens (tertiary/aromatic N) is 3. The van der Waals surface area contributed by atoms with Crippen molar-refractivity contribution in [1.82, 2.24) is 15.2 Å². The van der Waals surface area contributed by atoms with Gasteiger partial charge in [-0.05, 0) is 18.1 Å². The molecule has 2 N–H and O–H groups in total. The molecule has 2 amide bonds. The molecular formula is C18H17N5O2S3. The molecule has 0 aliphatic carbocycles. The number of carbonyl (C=O) groups is 2. The maximum Gasteiger partial charge on any atom is 0.250 e. The van der Waals surface area contributed by atoms with Crippen molar-refractivity contribution < 1.29 is 9.59 Å². The summed E-state index contributed by atoms with van der Waals surface area (Å²) in [4.78, 5) is 28.4. The van der Waals surface area contributed by atoms with Crippen LogP contribution in [0, 0.1) is 0 Å². The second kappa shape index (κ2) is 10.1. The van der Waals surface area contributed by atoms with E-state index >= 15 is 0 Å². The van der Waals surface area contributed by atoms with Gasteiger partial charge in [0.25, 0.3) is 0 Å². The topological polar surface area (TPSA) is 96.9 Å². The zero-order valence-electron chi connectivity index (χ0n) is 14.9. The summed E-state index contributed by atoms with van der Waals surface area (Å²) in [7, 11) is 0. The highest BCUT2D eigenvalue weighted by atomic mass is 32.2. The van der Waals surface area contributed by atoms with E-state index in [9.17, 15) is 9.59 Å². The van der Waals surface area contributed by atoms with Gasteiger partial charge in [-0.3, -0.25) is 14.9 Å². The van der Waals surface area contributed by atoms with Crippen molar-refractivity contribution in [3.05, 3.63) is 53.5 Å². The van der Waals surface area contributed by atoms with E-state index in [1.807, 2.05) is 37.3 Å². The summed E-state index contributed by atoms with van der Waals surface area (Å²) in [5.41, 5.74) is 0.934. The Labute approximate surface area is 174 Å². The highest BCUT2D eigenvalue weighted by molar-refractivity contribution is 8.02. The molecule has 2 heterocycles. The van der Waals surface area contributed by atoms with E-state index in [-0.39, 0.29) is 17.1 Å². The zero-order chi connectivity index (χ0) is 19.8. The Hall–Kier alpha value is -2.56. The maximum atomic E-state index is 12.4. The summed E-state index contributed by atoms with van der Waals surface area (Å²) in [6.07, 6.45) is 5.44. The van der Waals surface area contributed by atoms with Gasteiger partial charge >= 0.3 is 0 Å². The lowest BCUT2D eigenvalue weighted by atomic mass is 10.2. The molecule has 10 heteroatoms. The van der Waals surface area contributed by atoms with E-state index in [0.717, 1.165) is 5.56 Å². The molecule has 0 aliphatic rings. The van der Waals surface area contributed by atoms with E-state index in [4.69, 9.17) is 0 Å². The minimum atomic E-state index is -0.321. The third-order valence-corrected chi connectivity index (χ3v) is 6.41. The van der Waals surface area contributed by atoms with E-state index in [2.05, 4.69) is 25.8 Å². The molecule has 0 spiro atoms. The first-order chi connectivity index (χ1) is 13.6. The van der Waals surface area contributed by atoms with Crippen molar-refractivity contribution >= 4 is 62.6 Å². The molecule has 1 aromatic carbocycles. The quantitative estimate of drug-likeness (QED) is 0.316. The van der Waals surface area contributed by atoms with Gasteiger partial charge in [-0.2, -0.15) is 0 Å². The average molecular weight is 432 g/mol. The predicted octanol–water partition coefficient (Wildman–Crippen LogP) is 4.16. The van der Waals surface area contributed by atoms with Gasteiger partial charge in [0.1, 0.15) is 0 Å². The summed E-state index contributed by atoms with van der Waals surface area (Å²) in [6.45, 7) is 1.93. The Morgan fingerprint density at radius 1 is 1.18 bits per heavy atom. The number of carbonyl (C=O) groups excluding carboxylic acids is 2. The summed E-state index contributed by atoms with van der Waals surface area (Å²) in [6, 6.07) is 9.54. The average Bonchev–Trinajstić information content (AvgIpc) is 3.37. The van der Waals surface area contributed by atoms with Crippen LogP contribution in [-0.4, -0.2) is 32.2 Å². The Kier molecular flexibility index (Phi) is 7.29. The molecule has 0 aliphatic heterocycles. The number of rotatable bonds is 8. The van der Waals surface area contributed by atoms with Crippen molar-refractivity contribution in [2.45, 2.75) is 22.9 Å². The monoisotopic (exact) mass is 431 g/mol. The van der Waals surface area contributed by atoms with Crippen LogP contribution in [0.15, 0.2) is 52.3 Å². The van der Waals surface area contributed by atoms with Crippen LogP contribution in [0.5, 0.6) is 0 Å². The van der Waals surface area contributed by atoms with Crippen molar-refractivity contribution in [3.8, 4) is 0 Å². The van der Waals surface area contributed by atoms with Crippen LogP contribution >= 0.6 is 34.4 Å². The lowest BCUT2D eigenvalue weighted by Crippen LogP contribution is -2.24. The van der Waals surface area contributed by atoms with E-state index in [1.165, 1.54) is 40.5 Å². The van der Waals surface area contributed by atoms with Crippen LogP contribution in [0.3, 0.4) is 0 Å². The molecule has 1 atom stereocenters. The fraction of sp³-hybridized carbons (Fsp3) is 0.167. The minimum Gasteiger partial charge on any atom is -0.301 e. The lowest BCUT2D eigenvalue weighted by molar-refractivity contribution is -0.115. The fourth-order valence-electron chi connectivity index (χ4n) is 2.11. The third-order valence-electron chi connectivity index (χ3n) is 3.43. The molecule has 0 fully saturated rings. The first-order valence-electron chi connectivity index (χ1n) is 8.38. The van der Waals surface area contributed by atoms with Crippen LogP contribution in [-0.2, 0) is 9.59 Å². The number of benzene rings is 1. The summed E-state index contributed by atoms with van der Waals surface area (Å²) in [5, 5.41) is 15.9. The van der Waals surface area contributed by atoms with Gasteiger partial charge in [0, 0.05) is 17.7 Å². The largest absolute Gasteiger partial charge is 0.301 e. The van der Waals surface area contributed by atoms with Crippen LogP contribution in [0.25, 0.3) is 6.08 Å². The first-order valence-corrected chi connectivity index (χ1v) is 11.0. The molecule has 0 saturated carbocycles. The Balaban J connectivity index is 1.54. The van der Waals surface area contributed by atoms with Gasteiger partial charge in [-0.25, -0.2) is 4.98 Å². The molecule has 3 aromatic rings. The molecule has 0 radical (unpaired) electrons. The highest BCUT2D eigenvalue weighted by Gasteiger charge is 2.21. The van der Waals surface area contributed by atoms with Gasteiger partial charge in [0.05, 0.1) is 5.25 Å². The fourth-order valence-corrected chi connectivity index (χ4v) is 4.56. The normalized spacial score (nSPS) is 12.0. The van der Waals surface area contributed by atoms with E-state index in [0.29, 0.717) is 21.0 Å². The van der Waals surface area contributed by atoms with Crippen molar-refractivity contribution in [2.24, 2.45) is 0 Å². The molecular weight excluding hydrogens is 414 g/mol. The molecule has 1 unspecified atom stereocenters. The second-order valence-electron chi connectivity index (χ2n) is 5.45.